The van der Waals surface area contributed by atoms with E-state index in [4.69, 9.17) is 22.2 Å². The first-order valence-electron chi connectivity index (χ1n) is 4.38. The zero-order chi connectivity index (χ0) is 11.4. The number of carbonyl (C=O) groups excluding carboxylic acids is 1. The molecule has 0 aliphatic carbocycles. The molecular weight excluding hydrogens is 216 g/mol. The van der Waals surface area contributed by atoms with Crippen LogP contribution in [0.2, 0.25) is 5.02 Å². The van der Waals surface area contributed by atoms with Gasteiger partial charge in [-0.3, -0.25) is 9.80 Å². The summed E-state index contributed by atoms with van der Waals surface area (Å²) in [5.74, 6) is 5.73. The number of amides is 1. The fraction of sp³-hybridized carbons (Fsp3) is 0.300. The number of benzene rings is 1. The molecule has 0 radical (unpaired) electrons. The first-order chi connectivity index (χ1) is 7.04. The van der Waals surface area contributed by atoms with E-state index in [2.05, 4.69) is 0 Å². The maximum atomic E-state index is 11.3. The highest BCUT2D eigenvalue weighted by Gasteiger charge is 2.08. The number of nitrogens with two attached hydrogens (primary N) is 1. The largest absolute Gasteiger partial charge is 0.495 e. The van der Waals surface area contributed by atoms with Crippen molar-refractivity contribution in [1.29, 1.82) is 0 Å². The SMILES string of the molecule is COc1ccc(CC(=O)N(C)N)cc1Cl. The molecule has 82 valence electrons. The molecule has 5 heteroatoms. The van der Waals surface area contributed by atoms with Crippen LogP contribution in [0, 0.1) is 0 Å². The summed E-state index contributed by atoms with van der Waals surface area (Å²) in [4.78, 5) is 11.3. The van der Waals surface area contributed by atoms with Gasteiger partial charge in [0.15, 0.2) is 0 Å². The highest BCUT2D eigenvalue weighted by Crippen LogP contribution is 2.25. The van der Waals surface area contributed by atoms with Gasteiger partial charge in [-0.1, -0.05) is 17.7 Å². The van der Waals surface area contributed by atoms with Gasteiger partial charge in [0.2, 0.25) is 5.91 Å². The third-order valence-corrected chi connectivity index (χ3v) is 2.26. The molecule has 1 aromatic rings. The zero-order valence-corrected chi connectivity index (χ0v) is 9.41. The Hall–Kier alpha value is -1.26. The summed E-state index contributed by atoms with van der Waals surface area (Å²) in [6, 6.07) is 5.20. The Labute approximate surface area is 93.5 Å². The Morgan fingerprint density at radius 1 is 1.60 bits per heavy atom. The smallest absolute Gasteiger partial charge is 0.240 e. The van der Waals surface area contributed by atoms with E-state index < -0.39 is 0 Å². The van der Waals surface area contributed by atoms with Gasteiger partial charge < -0.3 is 4.74 Å². The molecule has 1 rings (SSSR count). The standard InChI is InChI=1S/C10H13ClN2O2/c1-13(12)10(14)6-7-3-4-9(15-2)8(11)5-7/h3-5H,6,12H2,1-2H3. The summed E-state index contributed by atoms with van der Waals surface area (Å²) >= 11 is 5.91. The molecule has 0 aromatic heterocycles. The molecule has 0 heterocycles. The number of methoxy groups -OCH3 is 1. The first kappa shape index (κ1) is 11.8. The number of hydrogen-bond donors (Lipinski definition) is 1. The molecule has 0 spiro atoms. The van der Waals surface area contributed by atoms with Crippen LogP contribution in [0.25, 0.3) is 0 Å². The van der Waals surface area contributed by atoms with Crippen molar-refractivity contribution in [2.45, 2.75) is 6.42 Å². The van der Waals surface area contributed by atoms with Crippen molar-refractivity contribution in [1.82, 2.24) is 5.01 Å². The van der Waals surface area contributed by atoms with E-state index in [0.717, 1.165) is 10.6 Å². The van der Waals surface area contributed by atoms with Crippen LogP contribution in [-0.4, -0.2) is 25.1 Å². The van der Waals surface area contributed by atoms with Gasteiger partial charge in [-0.05, 0) is 17.7 Å². The number of ether oxygens (including phenoxy) is 1. The summed E-state index contributed by atoms with van der Waals surface area (Å²) in [6.07, 6.45) is 0.233. The number of nitrogens with zero attached hydrogens (tertiary/aromatic N) is 1. The van der Waals surface area contributed by atoms with Gasteiger partial charge in [0, 0.05) is 7.05 Å². The van der Waals surface area contributed by atoms with Gasteiger partial charge in [0.05, 0.1) is 18.6 Å². The lowest BCUT2D eigenvalue weighted by atomic mass is 10.1. The van der Waals surface area contributed by atoms with Crippen molar-refractivity contribution in [2.24, 2.45) is 5.84 Å². The average Bonchev–Trinajstić information content (AvgIpc) is 2.18. The molecule has 0 saturated carbocycles. The zero-order valence-electron chi connectivity index (χ0n) is 8.66. The van der Waals surface area contributed by atoms with Gasteiger partial charge >= 0.3 is 0 Å². The van der Waals surface area contributed by atoms with Crippen LogP contribution in [0.5, 0.6) is 5.75 Å². The molecule has 1 amide bonds. The molecular formula is C10H13ClN2O2. The topological polar surface area (TPSA) is 55.6 Å². The summed E-state index contributed by atoms with van der Waals surface area (Å²) < 4.78 is 5.00. The van der Waals surface area contributed by atoms with Gasteiger partial charge in [0.1, 0.15) is 5.75 Å². The highest BCUT2D eigenvalue weighted by molar-refractivity contribution is 6.32. The van der Waals surface area contributed by atoms with Crippen LogP contribution in [0.1, 0.15) is 5.56 Å². The van der Waals surface area contributed by atoms with E-state index in [1.807, 2.05) is 0 Å². The molecule has 0 atom stereocenters. The van der Waals surface area contributed by atoms with Crippen LogP contribution >= 0.6 is 11.6 Å². The van der Waals surface area contributed by atoms with Gasteiger partial charge in [-0.25, -0.2) is 5.84 Å². The van der Waals surface area contributed by atoms with E-state index >= 15 is 0 Å². The number of likely N-dealkylation sites (N-methyl/N-ethyl adjacent to an activating group) is 1. The molecule has 0 unspecified atom stereocenters. The minimum atomic E-state index is -0.170. The predicted octanol–water partition coefficient (Wildman–Crippen LogP) is 1.22. The van der Waals surface area contributed by atoms with Crippen molar-refractivity contribution in [3.63, 3.8) is 0 Å². The van der Waals surface area contributed by atoms with Crippen molar-refractivity contribution < 1.29 is 9.53 Å². The molecule has 0 aliphatic heterocycles. The Kier molecular flexibility index (Phi) is 3.94. The minimum Gasteiger partial charge on any atom is -0.495 e. The Morgan fingerprint density at radius 3 is 2.73 bits per heavy atom. The lowest BCUT2D eigenvalue weighted by Gasteiger charge is -2.10. The molecule has 1 aromatic carbocycles. The minimum absolute atomic E-state index is 0.170. The number of hydrazine groups is 1. The maximum absolute atomic E-state index is 11.3. The van der Waals surface area contributed by atoms with Crippen molar-refractivity contribution in [3.05, 3.63) is 28.8 Å². The molecule has 0 bridgehead atoms. The molecule has 0 aliphatic rings. The van der Waals surface area contributed by atoms with Crippen molar-refractivity contribution >= 4 is 17.5 Å². The Balaban J connectivity index is 2.80. The van der Waals surface area contributed by atoms with Crippen LogP contribution in [-0.2, 0) is 11.2 Å². The van der Waals surface area contributed by atoms with Crippen LogP contribution in [0.15, 0.2) is 18.2 Å². The fourth-order valence-electron chi connectivity index (χ4n) is 1.12. The third-order valence-electron chi connectivity index (χ3n) is 1.96. The summed E-state index contributed by atoms with van der Waals surface area (Å²) in [5.41, 5.74) is 0.808. The molecule has 4 nitrogen and oxygen atoms in total. The number of hydrogen-bond acceptors (Lipinski definition) is 3. The van der Waals surface area contributed by atoms with E-state index in [9.17, 15) is 4.79 Å². The van der Waals surface area contributed by atoms with Crippen molar-refractivity contribution in [2.75, 3.05) is 14.2 Å². The van der Waals surface area contributed by atoms with E-state index in [1.165, 1.54) is 7.05 Å². The third kappa shape index (κ3) is 3.11. The monoisotopic (exact) mass is 228 g/mol. The van der Waals surface area contributed by atoms with E-state index in [0.29, 0.717) is 10.8 Å². The van der Waals surface area contributed by atoms with Crippen LogP contribution < -0.4 is 10.6 Å². The normalized spacial score (nSPS) is 9.87. The fourth-order valence-corrected chi connectivity index (χ4v) is 1.40. The molecule has 0 fully saturated rings. The maximum Gasteiger partial charge on any atom is 0.240 e. The summed E-state index contributed by atoms with van der Waals surface area (Å²) in [7, 11) is 3.05. The first-order valence-corrected chi connectivity index (χ1v) is 4.76. The van der Waals surface area contributed by atoms with Crippen LogP contribution in [0.3, 0.4) is 0 Å². The van der Waals surface area contributed by atoms with Gasteiger partial charge in [-0.2, -0.15) is 0 Å². The summed E-state index contributed by atoms with van der Waals surface area (Å²) in [6.45, 7) is 0. The quantitative estimate of drug-likeness (QED) is 0.481. The van der Waals surface area contributed by atoms with Gasteiger partial charge in [-0.15, -0.1) is 0 Å². The lowest BCUT2D eigenvalue weighted by Crippen LogP contribution is -2.34. The van der Waals surface area contributed by atoms with E-state index in [1.54, 1.807) is 25.3 Å². The Morgan fingerprint density at radius 2 is 2.27 bits per heavy atom. The number of rotatable bonds is 3. The molecule has 2 N–H and O–H groups in total. The van der Waals surface area contributed by atoms with Crippen LogP contribution in [0.4, 0.5) is 0 Å². The summed E-state index contributed by atoms with van der Waals surface area (Å²) in [5, 5.41) is 1.54. The van der Waals surface area contributed by atoms with Crippen molar-refractivity contribution in [3.8, 4) is 5.75 Å². The number of carbonyl (C=O) groups is 1. The predicted molar refractivity (Wildman–Crippen MR) is 58.7 cm³/mol. The second kappa shape index (κ2) is 5.00. The highest BCUT2D eigenvalue weighted by atomic mass is 35.5. The lowest BCUT2D eigenvalue weighted by molar-refractivity contribution is -0.129. The molecule has 0 saturated heterocycles. The molecule has 15 heavy (non-hydrogen) atoms. The second-order valence-corrected chi connectivity index (χ2v) is 3.56. The average molecular weight is 229 g/mol. The number of halogens is 1. The van der Waals surface area contributed by atoms with E-state index in [-0.39, 0.29) is 12.3 Å². The second-order valence-electron chi connectivity index (χ2n) is 3.15. The van der Waals surface area contributed by atoms with Gasteiger partial charge in [0.25, 0.3) is 0 Å². The Bertz CT molecular complexity index is 366.